The molecule has 1 rings (SSSR count). The van der Waals surface area contributed by atoms with Gasteiger partial charge in [0.05, 0.1) is 0 Å². The summed E-state index contributed by atoms with van der Waals surface area (Å²) in [5, 5.41) is 14.6. The van der Waals surface area contributed by atoms with E-state index in [2.05, 4.69) is 10.6 Å². The zero-order chi connectivity index (χ0) is 14.4. The van der Waals surface area contributed by atoms with Crippen LogP contribution in [-0.2, 0) is 4.79 Å². The Labute approximate surface area is 117 Å². The van der Waals surface area contributed by atoms with E-state index in [0.29, 0.717) is 17.1 Å². The molecule has 2 atom stereocenters. The van der Waals surface area contributed by atoms with Gasteiger partial charge in [-0.15, -0.1) is 0 Å². The summed E-state index contributed by atoms with van der Waals surface area (Å²) in [4.78, 5) is 22.8. The summed E-state index contributed by atoms with van der Waals surface area (Å²) in [5.74, 6) is -1.20. The fourth-order valence-corrected chi connectivity index (χ4v) is 1.75. The minimum Gasteiger partial charge on any atom is -0.480 e. The first-order valence-corrected chi connectivity index (χ1v) is 6.37. The molecule has 0 aromatic heterocycles. The Morgan fingerprint density at radius 2 is 2.11 bits per heavy atom. The number of carboxylic acid groups (broad SMARTS) is 1. The predicted octanol–water partition coefficient (Wildman–Crippen LogP) is 2.96. The molecule has 0 saturated carbocycles. The molecule has 0 unspecified atom stereocenters. The number of carbonyl (C=O) groups excluding carboxylic acids is 1. The van der Waals surface area contributed by atoms with Gasteiger partial charge in [-0.1, -0.05) is 37.9 Å². The number of carbonyl (C=O) groups is 2. The van der Waals surface area contributed by atoms with Crippen molar-refractivity contribution in [1.29, 1.82) is 0 Å². The number of hydrogen-bond donors (Lipinski definition) is 3. The molecule has 0 saturated heterocycles. The van der Waals surface area contributed by atoms with Crippen molar-refractivity contribution in [1.82, 2.24) is 5.32 Å². The number of nitrogens with one attached hydrogen (secondary N) is 2. The summed E-state index contributed by atoms with van der Waals surface area (Å²) >= 11 is 5.79. The zero-order valence-corrected chi connectivity index (χ0v) is 11.6. The molecule has 3 N–H and O–H groups in total. The molecule has 0 fully saturated rings. The summed E-state index contributed by atoms with van der Waals surface area (Å²) < 4.78 is 0. The van der Waals surface area contributed by atoms with Crippen LogP contribution >= 0.6 is 11.6 Å². The van der Waals surface area contributed by atoms with Crippen molar-refractivity contribution in [3.63, 3.8) is 0 Å². The van der Waals surface area contributed by atoms with Crippen molar-refractivity contribution in [2.24, 2.45) is 5.92 Å². The third kappa shape index (κ3) is 4.79. The van der Waals surface area contributed by atoms with Gasteiger partial charge in [-0.3, -0.25) is 0 Å². The van der Waals surface area contributed by atoms with Crippen molar-refractivity contribution < 1.29 is 14.7 Å². The highest BCUT2D eigenvalue weighted by atomic mass is 35.5. The quantitative estimate of drug-likeness (QED) is 0.778. The lowest BCUT2D eigenvalue weighted by Gasteiger charge is -2.20. The molecule has 1 aromatic rings. The molecule has 1 aromatic carbocycles. The molecule has 2 amide bonds. The average molecular weight is 285 g/mol. The normalized spacial score (nSPS) is 13.4. The van der Waals surface area contributed by atoms with E-state index in [4.69, 9.17) is 16.7 Å². The Bertz CT molecular complexity index is 465. The number of rotatable bonds is 5. The number of benzene rings is 1. The first kappa shape index (κ1) is 15.3. The molecule has 0 aliphatic heterocycles. The predicted molar refractivity (Wildman–Crippen MR) is 74.5 cm³/mol. The summed E-state index contributed by atoms with van der Waals surface area (Å²) in [6, 6.07) is 5.16. The standard InChI is InChI=1S/C13H17ClN2O3/c1-3-8(2)11(12(17)18)16-13(19)15-10-6-4-5-9(14)7-10/h4-8,11H,3H2,1-2H3,(H,17,18)(H2,15,16,19)/t8-,11-/m0/s1. The van der Waals surface area contributed by atoms with E-state index >= 15 is 0 Å². The van der Waals surface area contributed by atoms with Crippen LogP contribution in [0.5, 0.6) is 0 Å². The maximum Gasteiger partial charge on any atom is 0.326 e. The van der Waals surface area contributed by atoms with Gasteiger partial charge in [0.2, 0.25) is 0 Å². The van der Waals surface area contributed by atoms with Crippen LogP contribution in [0.2, 0.25) is 5.02 Å². The highest BCUT2D eigenvalue weighted by Gasteiger charge is 2.25. The first-order valence-electron chi connectivity index (χ1n) is 6.00. The summed E-state index contributed by atoms with van der Waals surface area (Å²) in [7, 11) is 0. The van der Waals surface area contributed by atoms with Crippen LogP contribution in [0.15, 0.2) is 24.3 Å². The SMILES string of the molecule is CC[C@H](C)[C@H](NC(=O)Nc1cccc(Cl)c1)C(=O)O. The smallest absolute Gasteiger partial charge is 0.326 e. The Balaban J connectivity index is 2.65. The number of hydrogen-bond acceptors (Lipinski definition) is 2. The highest BCUT2D eigenvalue weighted by Crippen LogP contribution is 2.15. The van der Waals surface area contributed by atoms with E-state index in [0.717, 1.165) is 0 Å². The van der Waals surface area contributed by atoms with Gasteiger partial charge in [-0.05, 0) is 24.1 Å². The molecule has 6 heteroatoms. The van der Waals surface area contributed by atoms with Crippen molar-refractivity contribution in [3.05, 3.63) is 29.3 Å². The van der Waals surface area contributed by atoms with Crippen molar-refractivity contribution in [2.75, 3.05) is 5.32 Å². The molecule has 5 nitrogen and oxygen atoms in total. The third-order valence-electron chi connectivity index (χ3n) is 2.85. The van der Waals surface area contributed by atoms with Gasteiger partial charge in [0.1, 0.15) is 6.04 Å². The van der Waals surface area contributed by atoms with Gasteiger partial charge < -0.3 is 15.7 Å². The number of urea groups is 1. The van der Waals surface area contributed by atoms with E-state index < -0.39 is 18.0 Å². The number of aliphatic carboxylic acids is 1. The van der Waals surface area contributed by atoms with E-state index in [1.807, 2.05) is 6.92 Å². The summed E-state index contributed by atoms with van der Waals surface area (Å²) in [5.41, 5.74) is 0.512. The number of carboxylic acids is 1. The minimum absolute atomic E-state index is 0.150. The maximum absolute atomic E-state index is 11.7. The maximum atomic E-state index is 11.7. The highest BCUT2D eigenvalue weighted by molar-refractivity contribution is 6.30. The average Bonchev–Trinajstić information content (AvgIpc) is 2.34. The van der Waals surface area contributed by atoms with Crippen LogP contribution in [0.4, 0.5) is 10.5 Å². The molecule has 0 aliphatic rings. The molecule has 19 heavy (non-hydrogen) atoms. The molecular weight excluding hydrogens is 268 g/mol. The Hall–Kier alpha value is -1.75. The van der Waals surface area contributed by atoms with Gasteiger partial charge >= 0.3 is 12.0 Å². The second-order valence-electron chi connectivity index (χ2n) is 4.31. The fourth-order valence-electron chi connectivity index (χ4n) is 1.56. The van der Waals surface area contributed by atoms with Crippen LogP contribution in [-0.4, -0.2) is 23.1 Å². The van der Waals surface area contributed by atoms with E-state index in [1.54, 1.807) is 31.2 Å². The second kappa shape index (κ2) is 6.99. The second-order valence-corrected chi connectivity index (χ2v) is 4.75. The van der Waals surface area contributed by atoms with Gasteiger partial charge in [0.15, 0.2) is 0 Å². The van der Waals surface area contributed by atoms with Crippen LogP contribution in [0.3, 0.4) is 0 Å². The Kier molecular flexibility index (Phi) is 5.63. The van der Waals surface area contributed by atoms with Gasteiger partial charge in [-0.25, -0.2) is 9.59 Å². The third-order valence-corrected chi connectivity index (χ3v) is 3.08. The largest absolute Gasteiger partial charge is 0.480 e. The van der Waals surface area contributed by atoms with E-state index in [1.165, 1.54) is 0 Å². The van der Waals surface area contributed by atoms with E-state index in [9.17, 15) is 9.59 Å². The van der Waals surface area contributed by atoms with Crippen LogP contribution < -0.4 is 10.6 Å². The molecule has 104 valence electrons. The lowest BCUT2D eigenvalue weighted by molar-refractivity contribution is -0.140. The van der Waals surface area contributed by atoms with Gasteiger partial charge in [-0.2, -0.15) is 0 Å². The first-order chi connectivity index (χ1) is 8.93. The Morgan fingerprint density at radius 3 is 2.63 bits per heavy atom. The molecule has 0 spiro atoms. The molecule has 0 aliphatic carbocycles. The topological polar surface area (TPSA) is 78.4 Å². The fraction of sp³-hybridized carbons (Fsp3) is 0.385. The van der Waals surface area contributed by atoms with Gasteiger partial charge in [0, 0.05) is 10.7 Å². The molecular formula is C13H17ClN2O3. The molecule has 0 radical (unpaired) electrons. The van der Waals surface area contributed by atoms with Crippen LogP contribution in [0.1, 0.15) is 20.3 Å². The Morgan fingerprint density at radius 1 is 1.42 bits per heavy atom. The molecule has 0 heterocycles. The van der Waals surface area contributed by atoms with Crippen molar-refractivity contribution in [2.45, 2.75) is 26.3 Å². The summed E-state index contributed by atoms with van der Waals surface area (Å²) in [6.07, 6.45) is 0.661. The van der Waals surface area contributed by atoms with Crippen LogP contribution in [0.25, 0.3) is 0 Å². The van der Waals surface area contributed by atoms with Crippen molar-refractivity contribution in [3.8, 4) is 0 Å². The zero-order valence-electron chi connectivity index (χ0n) is 10.8. The lowest BCUT2D eigenvalue weighted by atomic mass is 9.99. The van der Waals surface area contributed by atoms with E-state index in [-0.39, 0.29) is 5.92 Å². The van der Waals surface area contributed by atoms with Crippen molar-refractivity contribution >= 4 is 29.3 Å². The number of halogens is 1. The number of anilines is 1. The lowest BCUT2D eigenvalue weighted by Crippen LogP contribution is -2.46. The van der Waals surface area contributed by atoms with Gasteiger partial charge in [0.25, 0.3) is 0 Å². The van der Waals surface area contributed by atoms with Crippen LogP contribution in [0, 0.1) is 5.92 Å². The monoisotopic (exact) mass is 284 g/mol. The minimum atomic E-state index is -1.05. The number of amides is 2. The molecule has 0 bridgehead atoms. The summed E-state index contributed by atoms with van der Waals surface area (Å²) in [6.45, 7) is 3.65.